The number of imide groups is 2. The van der Waals surface area contributed by atoms with Gasteiger partial charge in [0, 0.05) is 43.7 Å². The van der Waals surface area contributed by atoms with E-state index in [0.29, 0.717) is 55.0 Å². The highest BCUT2D eigenvalue weighted by molar-refractivity contribution is 6.23. The molecule has 16 heteroatoms. The van der Waals surface area contributed by atoms with Crippen LogP contribution in [-0.2, 0) is 9.59 Å². The van der Waals surface area contributed by atoms with Gasteiger partial charge in [0.25, 0.3) is 11.8 Å². The third-order valence-corrected chi connectivity index (χ3v) is 12.2. The van der Waals surface area contributed by atoms with Crippen LogP contribution in [0.15, 0.2) is 73.1 Å². The molecule has 1 aliphatic carbocycles. The second kappa shape index (κ2) is 15.1. The highest BCUT2D eigenvalue weighted by Gasteiger charge is 2.46. The lowest BCUT2D eigenvalue weighted by Crippen LogP contribution is -2.58. The number of aromatic nitrogens is 4. The summed E-state index contributed by atoms with van der Waals surface area (Å²) in [5.41, 5.74) is 8.34. The van der Waals surface area contributed by atoms with E-state index in [1.807, 2.05) is 73.3 Å². The Bertz CT molecular complexity index is 2470. The molecule has 5 aromatic rings. The van der Waals surface area contributed by atoms with Gasteiger partial charge in [-0.15, -0.1) is 0 Å². The van der Waals surface area contributed by atoms with E-state index in [1.165, 1.54) is 12.4 Å². The number of nitrogens with zero attached hydrogens (tertiary/aromatic N) is 7. The monoisotopic (exact) mass is 803 g/mol. The molecule has 1 saturated carbocycles. The van der Waals surface area contributed by atoms with E-state index >= 15 is 8.78 Å². The summed E-state index contributed by atoms with van der Waals surface area (Å²) >= 11 is 0. The molecular weight excluding hydrogens is 761 g/mol. The Morgan fingerprint density at radius 1 is 0.881 bits per heavy atom. The molecule has 14 nitrogen and oxygen atoms in total. The standard InChI is InChI=1S/C43H43F2N9O5/c1-23-19-51(35-18-30-29(17-32(35)45)42(57)53(43(30)58)34-14-15-36(55)49-41(34)56)20-24(2)52(23)21-25-8-13-33(31(44)16-25)54-40-37(39(46)47-22-48-40)38(50-54)26-9-11-28(12-10-26)59-27-6-4-3-5-7-27/h3-7,9-12,17-18,22-25,31,33-34H,8,13-16,19-21H2,1-2H3,(H2,46,47,48)(H,49,55,56). The van der Waals surface area contributed by atoms with E-state index in [-0.39, 0.29) is 53.5 Å². The van der Waals surface area contributed by atoms with Gasteiger partial charge in [0.1, 0.15) is 47.4 Å². The molecular formula is C43H43F2N9O5. The minimum absolute atomic E-state index is 0.00713. The Morgan fingerprint density at radius 2 is 1.58 bits per heavy atom. The SMILES string of the molecule is CC1CN(c2cc3c(cc2F)C(=O)N(C2CCC(=O)NC2=O)C3=O)CC(C)N1CC1CCC(n2nc(-c3ccc(Oc4ccccc4)cc3)c3c(N)ncnc32)C(F)C1. The average Bonchev–Trinajstić information content (AvgIpc) is 3.71. The molecule has 4 aliphatic rings. The summed E-state index contributed by atoms with van der Waals surface area (Å²) in [5, 5.41) is 7.66. The number of amides is 4. The number of hydrogen-bond donors (Lipinski definition) is 2. The number of hydrogen-bond acceptors (Lipinski definition) is 11. The summed E-state index contributed by atoms with van der Waals surface area (Å²) in [4.78, 5) is 64.7. The van der Waals surface area contributed by atoms with Crippen molar-refractivity contribution in [3.05, 3.63) is 90.0 Å². The Labute approximate surface area is 338 Å². The highest BCUT2D eigenvalue weighted by atomic mass is 19.1. The van der Waals surface area contributed by atoms with Crippen LogP contribution >= 0.6 is 0 Å². The number of nitrogens with two attached hydrogens (primary N) is 1. The van der Waals surface area contributed by atoms with Crippen LogP contribution in [0.4, 0.5) is 20.3 Å². The lowest BCUT2D eigenvalue weighted by atomic mass is 9.83. The van der Waals surface area contributed by atoms with Gasteiger partial charge in [0.2, 0.25) is 11.8 Å². The zero-order chi connectivity index (χ0) is 41.1. The number of benzene rings is 3. The second-order valence-corrected chi connectivity index (χ2v) is 16.0. The minimum Gasteiger partial charge on any atom is -0.457 e. The van der Waals surface area contributed by atoms with E-state index in [9.17, 15) is 19.2 Å². The zero-order valence-electron chi connectivity index (χ0n) is 32.6. The predicted octanol–water partition coefficient (Wildman–Crippen LogP) is 5.69. The molecule has 0 spiro atoms. The first-order valence-corrected chi connectivity index (χ1v) is 20.0. The summed E-state index contributed by atoms with van der Waals surface area (Å²) in [6.07, 6.45) is 1.81. The summed E-state index contributed by atoms with van der Waals surface area (Å²) < 4.78 is 39.8. The number of carbonyl (C=O) groups is 4. The first kappa shape index (κ1) is 38.2. The molecule has 3 N–H and O–H groups in total. The number of rotatable bonds is 8. The molecule has 5 heterocycles. The molecule has 6 atom stereocenters. The zero-order valence-corrected chi connectivity index (χ0v) is 32.6. The van der Waals surface area contributed by atoms with Gasteiger partial charge < -0.3 is 15.4 Å². The van der Waals surface area contributed by atoms with Crippen molar-refractivity contribution in [3.63, 3.8) is 0 Å². The number of anilines is 2. The molecule has 2 aromatic heterocycles. The Hall–Kier alpha value is -6.29. The number of piperidine rings is 1. The maximum atomic E-state index is 16.4. The van der Waals surface area contributed by atoms with Crippen molar-refractivity contribution < 1.29 is 32.7 Å². The van der Waals surface area contributed by atoms with E-state index in [4.69, 9.17) is 15.6 Å². The average molecular weight is 804 g/mol. The molecule has 6 unspecified atom stereocenters. The van der Waals surface area contributed by atoms with Crippen molar-refractivity contribution in [1.29, 1.82) is 0 Å². The fourth-order valence-electron chi connectivity index (χ4n) is 9.29. The molecule has 0 radical (unpaired) electrons. The maximum absolute atomic E-state index is 16.4. The molecule has 3 aromatic carbocycles. The number of alkyl halides is 1. The van der Waals surface area contributed by atoms with Gasteiger partial charge in [0.05, 0.1) is 28.2 Å². The van der Waals surface area contributed by atoms with Crippen LogP contribution in [0, 0.1) is 11.7 Å². The summed E-state index contributed by atoms with van der Waals surface area (Å²) in [5.74, 6) is -1.57. The molecule has 0 bridgehead atoms. The van der Waals surface area contributed by atoms with Gasteiger partial charge in [-0.3, -0.25) is 34.3 Å². The van der Waals surface area contributed by atoms with Crippen molar-refractivity contribution >= 4 is 46.2 Å². The fraction of sp³-hybridized carbons (Fsp3) is 0.372. The third kappa shape index (κ3) is 6.94. The number of piperazine rings is 1. The summed E-state index contributed by atoms with van der Waals surface area (Å²) in [6.45, 7) is 5.63. The lowest BCUT2D eigenvalue weighted by molar-refractivity contribution is -0.136. The number of nitrogen functional groups attached to an aromatic ring is 1. The van der Waals surface area contributed by atoms with E-state index in [1.54, 1.807) is 4.68 Å². The van der Waals surface area contributed by atoms with Crippen LogP contribution in [-0.4, -0.2) is 97.1 Å². The number of ether oxygens (including phenoxy) is 1. The van der Waals surface area contributed by atoms with E-state index < -0.39 is 47.7 Å². The Morgan fingerprint density at radius 3 is 2.27 bits per heavy atom. The highest BCUT2D eigenvalue weighted by Crippen LogP contribution is 2.41. The Kier molecular flexibility index (Phi) is 9.81. The van der Waals surface area contributed by atoms with Gasteiger partial charge in [0.15, 0.2) is 5.65 Å². The van der Waals surface area contributed by atoms with E-state index in [2.05, 4.69) is 20.2 Å². The van der Waals surface area contributed by atoms with Gasteiger partial charge in [-0.2, -0.15) is 5.10 Å². The predicted molar refractivity (Wildman–Crippen MR) is 214 cm³/mol. The smallest absolute Gasteiger partial charge is 0.262 e. The number of halogens is 2. The number of para-hydroxylation sites is 1. The minimum atomic E-state index is -1.20. The van der Waals surface area contributed by atoms with E-state index in [0.717, 1.165) is 28.7 Å². The number of fused-ring (bicyclic) bond motifs is 2. The van der Waals surface area contributed by atoms with Gasteiger partial charge >= 0.3 is 0 Å². The van der Waals surface area contributed by atoms with Gasteiger partial charge in [-0.25, -0.2) is 23.4 Å². The van der Waals surface area contributed by atoms with Crippen LogP contribution in [0.25, 0.3) is 22.3 Å². The van der Waals surface area contributed by atoms with Crippen LogP contribution in [0.5, 0.6) is 11.5 Å². The van der Waals surface area contributed by atoms with Crippen molar-refractivity contribution in [1.82, 2.24) is 34.9 Å². The van der Waals surface area contributed by atoms with Crippen LogP contribution in [0.3, 0.4) is 0 Å². The van der Waals surface area contributed by atoms with Crippen LogP contribution in [0.1, 0.15) is 72.7 Å². The number of nitrogens with one attached hydrogen (secondary N) is 1. The van der Waals surface area contributed by atoms with Crippen molar-refractivity contribution in [3.8, 4) is 22.8 Å². The Balaban J connectivity index is 0.867. The van der Waals surface area contributed by atoms with Crippen molar-refractivity contribution in [2.24, 2.45) is 5.92 Å². The van der Waals surface area contributed by atoms with Gasteiger partial charge in [-0.1, -0.05) is 18.2 Å². The van der Waals surface area contributed by atoms with Crippen LogP contribution < -0.4 is 20.7 Å². The molecule has 3 fully saturated rings. The summed E-state index contributed by atoms with van der Waals surface area (Å²) in [6, 6.07) is 17.7. The van der Waals surface area contributed by atoms with Crippen molar-refractivity contribution in [2.75, 3.05) is 30.3 Å². The number of carbonyl (C=O) groups excluding carboxylic acids is 4. The third-order valence-electron chi connectivity index (χ3n) is 12.2. The largest absolute Gasteiger partial charge is 0.457 e. The first-order valence-electron chi connectivity index (χ1n) is 20.0. The molecule has 4 amide bonds. The molecule has 9 rings (SSSR count). The topological polar surface area (TPSA) is 169 Å². The summed E-state index contributed by atoms with van der Waals surface area (Å²) in [7, 11) is 0. The normalized spacial score (nSPS) is 25.1. The fourth-order valence-corrected chi connectivity index (χ4v) is 9.29. The van der Waals surface area contributed by atoms with Crippen molar-refractivity contribution in [2.45, 2.75) is 76.3 Å². The molecule has 3 aliphatic heterocycles. The molecule has 304 valence electrons. The lowest BCUT2D eigenvalue weighted by Gasteiger charge is -2.47. The molecule has 59 heavy (non-hydrogen) atoms. The molecule has 2 saturated heterocycles. The quantitative estimate of drug-likeness (QED) is 0.185. The van der Waals surface area contributed by atoms with Crippen LogP contribution in [0.2, 0.25) is 0 Å². The van der Waals surface area contributed by atoms with Gasteiger partial charge in [-0.05, 0) is 94.0 Å². The maximum Gasteiger partial charge on any atom is 0.262 e. The first-order chi connectivity index (χ1) is 28.4. The second-order valence-electron chi connectivity index (χ2n) is 16.0.